The minimum Gasteiger partial charge on any atom is -0.496 e. The van der Waals surface area contributed by atoms with Crippen molar-refractivity contribution >= 4 is 0 Å². The molecule has 0 aliphatic carbocycles. The summed E-state index contributed by atoms with van der Waals surface area (Å²) in [5.74, 6) is 0.869. The zero-order valence-electron chi connectivity index (χ0n) is 11.7. The average Bonchev–Trinajstić information content (AvgIpc) is 2.20. The van der Waals surface area contributed by atoms with Crippen molar-refractivity contribution in [2.24, 2.45) is 11.5 Å². The number of nitrogens with two attached hydrogens (primary N) is 2. The number of ether oxygens (including phenoxy) is 1. The highest BCUT2D eigenvalue weighted by molar-refractivity contribution is 5.51. The van der Waals surface area contributed by atoms with Crippen LogP contribution < -0.4 is 16.2 Å². The van der Waals surface area contributed by atoms with Crippen LogP contribution in [0.15, 0.2) is 6.07 Å². The summed E-state index contributed by atoms with van der Waals surface area (Å²) in [5.41, 5.74) is 16.4. The van der Waals surface area contributed by atoms with Crippen molar-refractivity contribution in [1.29, 1.82) is 0 Å². The normalized spacial score (nSPS) is 13.6. The molecule has 1 unspecified atom stereocenters. The first-order valence-electron chi connectivity index (χ1n) is 5.89. The Morgan fingerprint density at radius 1 is 1.18 bits per heavy atom. The van der Waals surface area contributed by atoms with Gasteiger partial charge in [0, 0.05) is 11.1 Å². The maximum absolute atomic E-state index is 6.26. The summed E-state index contributed by atoms with van der Waals surface area (Å²) in [6, 6.07) is 1.90. The highest BCUT2D eigenvalue weighted by atomic mass is 16.5. The van der Waals surface area contributed by atoms with Gasteiger partial charge in [0.2, 0.25) is 0 Å². The molecule has 17 heavy (non-hydrogen) atoms. The van der Waals surface area contributed by atoms with Gasteiger partial charge in [-0.05, 0) is 51.3 Å². The largest absolute Gasteiger partial charge is 0.496 e. The maximum atomic E-state index is 6.26. The number of rotatable bonds is 3. The summed E-state index contributed by atoms with van der Waals surface area (Å²) in [7, 11) is 1.68. The fraction of sp³-hybridized carbons (Fsp3) is 0.571. The third-order valence-corrected chi connectivity index (χ3v) is 3.35. The molecule has 3 heteroatoms. The minimum absolute atomic E-state index is 0.239. The van der Waals surface area contributed by atoms with Crippen molar-refractivity contribution in [2.45, 2.75) is 46.2 Å². The van der Waals surface area contributed by atoms with Gasteiger partial charge in [-0.25, -0.2) is 0 Å². The Hall–Kier alpha value is -1.06. The molecule has 0 radical (unpaired) electrons. The highest BCUT2D eigenvalue weighted by Crippen LogP contribution is 2.36. The van der Waals surface area contributed by atoms with E-state index in [1.165, 1.54) is 5.56 Å². The van der Waals surface area contributed by atoms with Gasteiger partial charge in [0.15, 0.2) is 0 Å². The van der Waals surface area contributed by atoms with Crippen molar-refractivity contribution in [2.75, 3.05) is 7.11 Å². The van der Waals surface area contributed by atoms with Crippen LogP contribution in [-0.4, -0.2) is 12.6 Å². The Bertz CT molecular complexity index is 419. The molecule has 1 aromatic carbocycles. The maximum Gasteiger partial charge on any atom is 0.127 e. The predicted molar refractivity (Wildman–Crippen MR) is 72.4 cm³/mol. The second-order valence-electron chi connectivity index (χ2n) is 5.38. The summed E-state index contributed by atoms with van der Waals surface area (Å²) < 4.78 is 5.52. The molecule has 0 aromatic heterocycles. The molecule has 0 heterocycles. The van der Waals surface area contributed by atoms with Crippen molar-refractivity contribution in [3.8, 4) is 5.75 Å². The molecule has 1 atom stereocenters. The van der Waals surface area contributed by atoms with Crippen molar-refractivity contribution in [3.63, 3.8) is 0 Å². The fourth-order valence-corrected chi connectivity index (χ4v) is 2.09. The number of hydrogen-bond donors (Lipinski definition) is 2. The smallest absolute Gasteiger partial charge is 0.127 e. The summed E-state index contributed by atoms with van der Waals surface area (Å²) in [4.78, 5) is 0. The van der Waals surface area contributed by atoms with Crippen LogP contribution in [-0.2, 0) is 0 Å². The van der Waals surface area contributed by atoms with Crippen molar-refractivity contribution in [3.05, 3.63) is 28.3 Å². The van der Waals surface area contributed by atoms with Crippen LogP contribution in [0.4, 0.5) is 0 Å². The van der Waals surface area contributed by atoms with Gasteiger partial charge in [0.1, 0.15) is 5.75 Å². The fourth-order valence-electron chi connectivity index (χ4n) is 2.09. The molecule has 0 aliphatic heterocycles. The number of aryl methyl sites for hydroxylation is 2. The minimum atomic E-state index is -0.472. The first-order chi connectivity index (χ1) is 7.70. The topological polar surface area (TPSA) is 61.3 Å². The molecular formula is C14H24N2O. The van der Waals surface area contributed by atoms with Gasteiger partial charge in [-0.3, -0.25) is 0 Å². The van der Waals surface area contributed by atoms with Crippen LogP contribution in [0.2, 0.25) is 0 Å². The second kappa shape index (κ2) is 4.67. The highest BCUT2D eigenvalue weighted by Gasteiger charge is 2.28. The Morgan fingerprint density at radius 3 is 2.12 bits per heavy atom. The van der Waals surface area contributed by atoms with E-state index in [0.717, 1.165) is 22.4 Å². The van der Waals surface area contributed by atoms with Crippen molar-refractivity contribution < 1.29 is 4.74 Å². The molecule has 0 fully saturated rings. The van der Waals surface area contributed by atoms with Crippen LogP contribution in [0.3, 0.4) is 0 Å². The summed E-state index contributed by atoms with van der Waals surface area (Å²) in [6.07, 6.45) is 0. The van der Waals surface area contributed by atoms with E-state index < -0.39 is 5.54 Å². The van der Waals surface area contributed by atoms with Gasteiger partial charge >= 0.3 is 0 Å². The van der Waals surface area contributed by atoms with Gasteiger partial charge in [0.05, 0.1) is 13.2 Å². The standard InChI is InChI=1S/C14H24N2O/c1-8-7-9(2)11(12(17-6)10(8)3)13(15)14(4,5)16/h7,13H,15-16H2,1-6H3. The Kier molecular flexibility index (Phi) is 3.84. The second-order valence-corrected chi connectivity index (χ2v) is 5.38. The van der Waals surface area contributed by atoms with Gasteiger partial charge in [-0.1, -0.05) is 6.07 Å². The monoisotopic (exact) mass is 236 g/mol. The number of hydrogen-bond acceptors (Lipinski definition) is 3. The Labute approximate surface area is 104 Å². The van der Waals surface area contributed by atoms with E-state index in [9.17, 15) is 0 Å². The van der Waals surface area contributed by atoms with Crippen LogP contribution in [0.25, 0.3) is 0 Å². The molecule has 1 aromatic rings. The average molecular weight is 236 g/mol. The van der Waals surface area contributed by atoms with Gasteiger partial charge in [0.25, 0.3) is 0 Å². The molecule has 0 amide bonds. The number of benzene rings is 1. The lowest BCUT2D eigenvalue weighted by Gasteiger charge is -2.30. The van der Waals surface area contributed by atoms with Gasteiger partial charge in [-0.15, -0.1) is 0 Å². The van der Waals surface area contributed by atoms with E-state index in [-0.39, 0.29) is 6.04 Å². The zero-order valence-corrected chi connectivity index (χ0v) is 11.7. The van der Waals surface area contributed by atoms with E-state index in [0.29, 0.717) is 0 Å². The van der Waals surface area contributed by atoms with Crippen LogP contribution in [0.5, 0.6) is 5.75 Å². The molecule has 96 valence electrons. The number of methoxy groups -OCH3 is 1. The Morgan fingerprint density at radius 2 is 1.71 bits per heavy atom. The summed E-state index contributed by atoms with van der Waals surface area (Å²) in [6.45, 7) is 10.1. The summed E-state index contributed by atoms with van der Waals surface area (Å²) in [5, 5.41) is 0. The molecule has 0 saturated heterocycles. The van der Waals surface area contributed by atoms with E-state index in [1.54, 1.807) is 7.11 Å². The third-order valence-electron chi connectivity index (χ3n) is 3.35. The van der Waals surface area contributed by atoms with E-state index in [4.69, 9.17) is 16.2 Å². The molecule has 0 spiro atoms. The lowest BCUT2D eigenvalue weighted by molar-refractivity contribution is 0.373. The quantitative estimate of drug-likeness (QED) is 0.847. The van der Waals surface area contributed by atoms with Crippen LogP contribution >= 0.6 is 0 Å². The van der Waals surface area contributed by atoms with E-state index in [2.05, 4.69) is 19.9 Å². The van der Waals surface area contributed by atoms with Crippen LogP contribution in [0.1, 0.15) is 42.1 Å². The van der Waals surface area contributed by atoms with Crippen molar-refractivity contribution in [1.82, 2.24) is 0 Å². The van der Waals surface area contributed by atoms with Crippen LogP contribution in [0, 0.1) is 20.8 Å². The molecule has 0 bridgehead atoms. The molecular weight excluding hydrogens is 212 g/mol. The first-order valence-corrected chi connectivity index (χ1v) is 5.89. The first kappa shape index (κ1) is 14.0. The Balaban J connectivity index is 3.47. The third kappa shape index (κ3) is 2.61. The lowest BCUT2D eigenvalue weighted by Crippen LogP contribution is -2.44. The van der Waals surface area contributed by atoms with E-state index >= 15 is 0 Å². The predicted octanol–water partition coefficient (Wildman–Crippen LogP) is 2.36. The molecule has 4 N–H and O–H groups in total. The van der Waals surface area contributed by atoms with Gasteiger partial charge < -0.3 is 16.2 Å². The molecule has 1 rings (SSSR count). The summed E-state index contributed by atoms with van der Waals surface area (Å²) >= 11 is 0. The van der Waals surface area contributed by atoms with E-state index in [1.807, 2.05) is 20.8 Å². The lowest BCUT2D eigenvalue weighted by atomic mass is 9.85. The molecule has 0 aliphatic rings. The zero-order chi connectivity index (χ0) is 13.4. The van der Waals surface area contributed by atoms with Gasteiger partial charge in [-0.2, -0.15) is 0 Å². The molecule has 0 saturated carbocycles. The molecule has 3 nitrogen and oxygen atoms in total. The SMILES string of the molecule is COc1c(C)c(C)cc(C)c1C(N)C(C)(C)N.